The lowest BCUT2D eigenvalue weighted by Crippen LogP contribution is -2.42. The highest BCUT2D eigenvalue weighted by Gasteiger charge is 2.36. The Balaban J connectivity index is 1.28. The lowest BCUT2D eigenvalue weighted by Gasteiger charge is -2.26. The van der Waals surface area contributed by atoms with Crippen LogP contribution in [0.15, 0.2) is 24.4 Å². The molecule has 2 aliphatic heterocycles. The van der Waals surface area contributed by atoms with Gasteiger partial charge in [-0.1, -0.05) is 6.08 Å². The van der Waals surface area contributed by atoms with E-state index in [1.165, 1.54) is 5.57 Å². The van der Waals surface area contributed by atoms with E-state index in [0.717, 1.165) is 42.5 Å². The average Bonchev–Trinajstić information content (AvgIpc) is 3.43. The number of hydrazine groups is 1. The molecule has 5 rings (SSSR count). The number of rotatable bonds is 4. The third-order valence-corrected chi connectivity index (χ3v) is 6.71. The highest BCUT2D eigenvalue weighted by Crippen LogP contribution is 2.33. The van der Waals surface area contributed by atoms with Crippen LogP contribution in [0.5, 0.6) is 0 Å². The van der Waals surface area contributed by atoms with Crippen molar-refractivity contribution in [3.63, 3.8) is 0 Å². The Morgan fingerprint density at radius 2 is 2.10 bits per heavy atom. The molecule has 30 heavy (non-hydrogen) atoms. The molecule has 4 N–H and O–H groups in total. The molecule has 0 bridgehead atoms. The average molecular weight is 429 g/mol. The van der Waals surface area contributed by atoms with Crippen LogP contribution in [0.1, 0.15) is 31.9 Å². The zero-order valence-electron chi connectivity index (χ0n) is 16.7. The van der Waals surface area contributed by atoms with E-state index < -0.39 is 6.04 Å². The van der Waals surface area contributed by atoms with Crippen LogP contribution in [0.3, 0.4) is 0 Å². The molecule has 3 atom stereocenters. The third-order valence-electron chi connectivity index (χ3n) is 6.08. The summed E-state index contributed by atoms with van der Waals surface area (Å²) in [5, 5.41) is 3.49. The number of carbonyl (C=O) groups is 2. The summed E-state index contributed by atoms with van der Waals surface area (Å²) in [5.74, 6) is 0.363. The molecule has 0 aromatic carbocycles. The first kappa shape index (κ1) is 19.5. The van der Waals surface area contributed by atoms with Crippen LogP contribution in [0.4, 0.5) is 5.69 Å². The van der Waals surface area contributed by atoms with Gasteiger partial charge in [0.25, 0.3) is 0 Å². The van der Waals surface area contributed by atoms with Gasteiger partial charge in [-0.3, -0.25) is 15.0 Å². The van der Waals surface area contributed by atoms with Gasteiger partial charge in [-0.25, -0.2) is 10.4 Å². The maximum atomic E-state index is 12.5. The summed E-state index contributed by atoms with van der Waals surface area (Å²) < 4.78 is 0. The van der Waals surface area contributed by atoms with Crippen molar-refractivity contribution in [2.24, 2.45) is 5.92 Å². The Bertz CT molecular complexity index is 1030. The van der Waals surface area contributed by atoms with Gasteiger partial charge in [-0.15, -0.1) is 11.6 Å². The van der Waals surface area contributed by atoms with Crippen molar-refractivity contribution in [3.8, 4) is 0 Å². The minimum absolute atomic E-state index is 0.00881. The Labute approximate surface area is 179 Å². The molecule has 158 valence electrons. The van der Waals surface area contributed by atoms with E-state index in [2.05, 4.69) is 32.2 Å². The topological polar surface area (TPSA) is 102 Å². The van der Waals surface area contributed by atoms with E-state index in [-0.39, 0.29) is 23.2 Å². The maximum Gasteiger partial charge on any atom is 0.244 e. The lowest BCUT2D eigenvalue weighted by molar-refractivity contribution is -0.132. The van der Waals surface area contributed by atoms with Gasteiger partial charge in [0.1, 0.15) is 11.7 Å². The molecule has 4 heterocycles. The van der Waals surface area contributed by atoms with Crippen LogP contribution in [0, 0.1) is 5.92 Å². The molecule has 1 aliphatic carbocycles. The Morgan fingerprint density at radius 3 is 2.77 bits per heavy atom. The number of aromatic amines is 1. The van der Waals surface area contributed by atoms with Crippen LogP contribution in [0.25, 0.3) is 16.6 Å². The number of pyridine rings is 1. The Morgan fingerprint density at radius 1 is 1.27 bits per heavy atom. The van der Waals surface area contributed by atoms with Crippen molar-refractivity contribution in [1.29, 1.82) is 0 Å². The molecule has 0 spiro atoms. The SMILES string of the molecule is CC1NNC(C(=O)Nc2cnc3[nH]c(C4=CCN(C(=O)C5CC5)CC4)cc3c2)C1Cl. The predicted molar refractivity (Wildman–Crippen MR) is 116 cm³/mol. The van der Waals surface area contributed by atoms with E-state index in [4.69, 9.17) is 11.6 Å². The molecule has 9 heteroatoms. The monoisotopic (exact) mass is 428 g/mol. The predicted octanol–water partition coefficient (Wildman–Crippen LogP) is 2.00. The van der Waals surface area contributed by atoms with E-state index in [1.807, 2.05) is 24.0 Å². The molecule has 3 aliphatic rings. The number of hydrogen-bond acceptors (Lipinski definition) is 5. The normalized spacial score (nSPS) is 26.7. The minimum atomic E-state index is -0.507. The summed E-state index contributed by atoms with van der Waals surface area (Å²) in [6.45, 7) is 3.34. The molecule has 1 saturated carbocycles. The van der Waals surface area contributed by atoms with Gasteiger partial charge in [0.2, 0.25) is 11.8 Å². The largest absolute Gasteiger partial charge is 0.339 e. The van der Waals surface area contributed by atoms with Gasteiger partial charge in [0.15, 0.2) is 0 Å². The van der Waals surface area contributed by atoms with Crippen molar-refractivity contribution in [1.82, 2.24) is 25.7 Å². The fraction of sp³-hybridized carbons (Fsp3) is 0.476. The number of nitrogens with one attached hydrogen (secondary N) is 4. The van der Waals surface area contributed by atoms with E-state index >= 15 is 0 Å². The van der Waals surface area contributed by atoms with Crippen LogP contribution >= 0.6 is 11.6 Å². The van der Waals surface area contributed by atoms with Gasteiger partial charge in [0.05, 0.1) is 17.3 Å². The fourth-order valence-electron chi connectivity index (χ4n) is 4.06. The second-order valence-corrected chi connectivity index (χ2v) is 8.88. The second kappa shape index (κ2) is 7.68. The van der Waals surface area contributed by atoms with Gasteiger partial charge in [-0.05, 0) is 43.9 Å². The number of hydrogen-bond donors (Lipinski definition) is 4. The third kappa shape index (κ3) is 3.71. The summed E-state index contributed by atoms with van der Waals surface area (Å²) in [6.07, 6.45) is 6.66. The number of aromatic nitrogens is 2. The number of nitrogens with zero attached hydrogens (tertiary/aromatic N) is 2. The molecular weight excluding hydrogens is 404 g/mol. The first-order valence-corrected chi connectivity index (χ1v) is 10.9. The van der Waals surface area contributed by atoms with E-state index in [0.29, 0.717) is 18.1 Å². The van der Waals surface area contributed by atoms with Crippen LogP contribution in [-0.4, -0.2) is 57.2 Å². The summed E-state index contributed by atoms with van der Waals surface area (Å²) in [4.78, 5) is 34.5. The van der Waals surface area contributed by atoms with Gasteiger partial charge < -0.3 is 15.2 Å². The molecule has 2 amide bonds. The number of H-pyrrole nitrogens is 1. The van der Waals surface area contributed by atoms with E-state index in [1.54, 1.807) is 6.20 Å². The highest BCUT2D eigenvalue weighted by atomic mass is 35.5. The minimum Gasteiger partial charge on any atom is -0.339 e. The van der Waals surface area contributed by atoms with Crippen molar-refractivity contribution < 1.29 is 9.59 Å². The highest BCUT2D eigenvalue weighted by molar-refractivity contribution is 6.24. The summed E-state index contributed by atoms with van der Waals surface area (Å²) in [6, 6.07) is 3.45. The summed E-state index contributed by atoms with van der Waals surface area (Å²) >= 11 is 6.29. The zero-order valence-corrected chi connectivity index (χ0v) is 17.5. The molecule has 3 unspecified atom stereocenters. The quantitative estimate of drug-likeness (QED) is 0.558. The summed E-state index contributed by atoms with van der Waals surface area (Å²) in [5.41, 5.74) is 9.51. The van der Waals surface area contributed by atoms with Crippen molar-refractivity contribution in [3.05, 3.63) is 30.1 Å². The van der Waals surface area contributed by atoms with Crippen LogP contribution in [-0.2, 0) is 9.59 Å². The second-order valence-electron chi connectivity index (χ2n) is 8.37. The number of carbonyl (C=O) groups excluding carboxylic acids is 2. The standard InChI is InChI=1S/C21H25ClN6O2/c1-11-17(22)18(27-26-11)20(29)24-15-8-14-9-16(25-19(14)23-10-15)12-4-6-28(7-5-12)21(30)13-2-3-13/h4,8-11,13,17-18,26-27H,2-3,5-7H2,1H3,(H,23,25)(H,24,29). The maximum absolute atomic E-state index is 12.5. The van der Waals surface area contributed by atoms with Crippen molar-refractivity contribution >= 4 is 45.7 Å². The van der Waals surface area contributed by atoms with Crippen molar-refractivity contribution in [2.75, 3.05) is 18.4 Å². The van der Waals surface area contributed by atoms with Crippen LogP contribution < -0.4 is 16.2 Å². The number of anilines is 1. The molecule has 2 aromatic rings. The van der Waals surface area contributed by atoms with Gasteiger partial charge >= 0.3 is 0 Å². The zero-order chi connectivity index (χ0) is 20.8. The lowest BCUT2D eigenvalue weighted by atomic mass is 10.0. The Hall–Kier alpha value is -2.42. The number of alkyl halides is 1. The van der Waals surface area contributed by atoms with Crippen LogP contribution in [0.2, 0.25) is 0 Å². The summed E-state index contributed by atoms with van der Waals surface area (Å²) in [7, 11) is 0. The first-order chi connectivity index (χ1) is 14.5. The number of amides is 2. The molecule has 8 nitrogen and oxygen atoms in total. The van der Waals surface area contributed by atoms with Gasteiger partial charge in [0, 0.05) is 36.1 Å². The van der Waals surface area contributed by atoms with Gasteiger partial charge in [-0.2, -0.15) is 0 Å². The molecule has 2 fully saturated rings. The van der Waals surface area contributed by atoms with E-state index in [9.17, 15) is 9.59 Å². The smallest absolute Gasteiger partial charge is 0.244 e. The Kier molecular flexibility index (Phi) is 5.00. The molecule has 0 radical (unpaired) electrons. The fourth-order valence-corrected chi connectivity index (χ4v) is 4.30. The van der Waals surface area contributed by atoms with Crippen molar-refractivity contribution in [2.45, 2.75) is 43.6 Å². The number of halogens is 1. The first-order valence-electron chi connectivity index (χ1n) is 10.4. The molecule has 1 saturated heterocycles. The molecule has 2 aromatic heterocycles. The number of fused-ring (bicyclic) bond motifs is 1. The molecular formula is C21H25ClN6O2.